The fraction of sp³-hybridized carbons (Fsp3) is 0. The van der Waals surface area contributed by atoms with Crippen LogP contribution in [0.4, 0.5) is 5.69 Å². The Morgan fingerprint density at radius 3 is 1.45 bits per heavy atom. The molecule has 0 aliphatic carbocycles. The van der Waals surface area contributed by atoms with E-state index in [4.69, 9.17) is 11.6 Å². The van der Waals surface area contributed by atoms with E-state index in [1.807, 2.05) is 24.3 Å². The van der Waals surface area contributed by atoms with Crippen LogP contribution in [0.15, 0.2) is 164 Å². The third kappa shape index (κ3) is 4.14. The second kappa shape index (κ2) is 10.5. The summed E-state index contributed by atoms with van der Waals surface area (Å²) in [5.41, 5.74) is 10.5. The van der Waals surface area contributed by atoms with Crippen LogP contribution in [0, 0.1) is 6.57 Å². The Morgan fingerprint density at radius 2 is 0.863 bits per heavy atom. The van der Waals surface area contributed by atoms with Gasteiger partial charge in [-0.05, 0) is 127 Å². The molecule has 0 spiro atoms. The summed E-state index contributed by atoms with van der Waals surface area (Å²) in [6, 6.07) is 58.6. The molecule has 9 aromatic carbocycles. The minimum atomic E-state index is 0.655. The second-order valence-electron chi connectivity index (χ2n) is 13.5. The Kier molecular flexibility index (Phi) is 5.73. The molecule has 0 aliphatic rings. The number of hydrogen-bond acceptors (Lipinski definition) is 1. The molecule has 11 aromatic rings. The molecular weight excluding hydrogens is 619 g/mol. The molecular formula is C48H27N3. The maximum Gasteiger partial charge on any atom is 0.189 e. The molecule has 0 saturated carbocycles. The molecule has 0 N–H and O–H groups in total. The van der Waals surface area contributed by atoms with Gasteiger partial charge in [0.1, 0.15) is 0 Å². The van der Waals surface area contributed by atoms with Crippen molar-refractivity contribution in [3.63, 3.8) is 0 Å². The summed E-state index contributed by atoms with van der Waals surface area (Å²) in [6.07, 6.45) is 0. The third-order valence-electron chi connectivity index (χ3n) is 10.6. The van der Waals surface area contributed by atoms with Crippen molar-refractivity contribution < 1.29 is 0 Å². The van der Waals surface area contributed by atoms with Crippen molar-refractivity contribution in [2.75, 3.05) is 0 Å². The van der Waals surface area contributed by atoms with Gasteiger partial charge in [-0.1, -0.05) is 91.0 Å². The van der Waals surface area contributed by atoms with Gasteiger partial charge >= 0.3 is 0 Å². The molecule has 0 atom stereocenters. The molecule has 0 aliphatic heterocycles. The van der Waals surface area contributed by atoms with Gasteiger partial charge in [-0.15, -0.1) is 0 Å². The first-order chi connectivity index (χ1) is 25.2. The molecule has 2 aromatic heterocycles. The predicted octanol–water partition coefficient (Wildman–Crippen LogP) is 13.2. The number of hydrogen-bond donors (Lipinski definition) is 0. The topological polar surface area (TPSA) is 22.2 Å². The monoisotopic (exact) mass is 645 g/mol. The zero-order valence-corrected chi connectivity index (χ0v) is 27.4. The van der Waals surface area contributed by atoms with Crippen LogP contribution in [0.2, 0.25) is 0 Å². The van der Waals surface area contributed by atoms with Gasteiger partial charge in [0.25, 0.3) is 0 Å². The van der Waals surface area contributed by atoms with Crippen LogP contribution >= 0.6 is 0 Å². The van der Waals surface area contributed by atoms with Crippen LogP contribution in [0.3, 0.4) is 0 Å². The summed E-state index contributed by atoms with van der Waals surface area (Å²) in [5.74, 6) is 0. The van der Waals surface area contributed by atoms with Gasteiger partial charge in [0.2, 0.25) is 0 Å². The number of rotatable bonds is 4. The lowest BCUT2D eigenvalue weighted by Crippen LogP contribution is -1.93. The number of pyridine rings is 1. The fourth-order valence-corrected chi connectivity index (χ4v) is 8.36. The van der Waals surface area contributed by atoms with Crippen molar-refractivity contribution in [3.05, 3.63) is 175 Å². The predicted molar refractivity (Wildman–Crippen MR) is 214 cm³/mol. The summed E-state index contributed by atoms with van der Waals surface area (Å²) < 4.78 is 2.33. The van der Waals surface area contributed by atoms with E-state index in [0.29, 0.717) is 5.69 Å². The molecule has 234 valence electrons. The number of para-hydroxylation sites is 1. The standard InChI is InChI=1S/C48H27N3/c1-49-39-26-35-20-19-34-23-37(27-43-47(34)48(35)44(28-39)51(43)40-11-6-3-7-12-40)36-21-30-15-17-32-24-38(25-33-18-16-31(22-36)45(30)46(32)33)42-14-8-13-41(50-42)29-9-4-2-5-10-29/h2-28H. The lowest BCUT2D eigenvalue weighted by molar-refractivity contribution is 1.18. The molecule has 0 amide bonds. The lowest BCUT2D eigenvalue weighted by Gasteiger charge is -2.15. The summed E-state index contributed by atoms with van der Waals surface area (Å²) in [7, 11) is 0. The summed E-state index contributed by atoms with van der Waals surface area (Å²) in [4.78, 5) is 8.88. The molecule has 0 saturated heterocycles. The number of nitrogens with zero attached hydrogens (tertiary/aromatic N) is 3. The van der Waals surface area contributed by atoms with Gasteiger partial charge in [0.15, 0.2) is 5.69 Å². The van der Waals surface area contributed by atoms with Crippen molar-refractivity contribution in [1.29, 1.82) is 0 Å². The largest absolute Gasteiger partial charge is 0.310 e. The van der Waals surface area contributed by atoms with Gasteiger partial charge in [-0.25, -0.2) is 9.83 Å². The maximum absolute atomic E-state index is 7.79. The number of aromatic nitrogens is 2. The minimum Gasteiger partial charge on any atom is -0.310 e. The Labute approximate surface area is 293 Å². The highest BCUT2D eigenvalue weighted by molar-refractivity contribution is 6.27. The van der Waals surface area contributed by atoms with Crippen LogP contribution < -0.4 is 0 Å². The van der Waals surface area contributed by atoms with Crippen molar-refractivity contribution >= 4 is 70.6 Å². The van der Waals surface area contributed by atoms with Gasteiger partial charge in [-0.2, -0.15) is 0 Å². The molecule has 2 heterocycles. The number of benzene rings is 9. The Bertz CT molecular complexity index is 3120. The minimum absolute atomic E-state index is 0.655. The smallest absolute Gasteiger partial charge is 0.189 e. The Balaban J connectivity index is 1.09. The molecule has 0 unspecified atom stereocenters. The van der Waals surface area contributed by atoms with Crippen LogP contribution in [0.1, 0.15) is 0 Å². The quantitative estimate of drug-likeness (QED) is 0.138. The van der Waals surface area contributed by atoms with Crippen LogP contribution in [-0.2, 0) is 0 Å². The third-order valence-corrected chi connectivity index (χ3v) is 10.6. The van der Waals surface area contributed by atoms with E-state index in [1.165, 1.54) is 59.6 Å². The Hall–Kier alpha value is -7.02. The molecule has 0 bridgehead atoms. The first kappa shape index (κ1) is 27.9. The van der Waals surface area contributed by atoms with Gasteiger partial charge < -0.3 is 4.57 Å². The summed E-state index contributed by atoms with van der Waals surface area (Å²) >= 11 is 0. The van der Waals surface area contributed by atoms with Crippen LogP contribution in [0.5, 0.6) is 0 Å². The fourth-order valence-electron chi connectivity index (χ4n) is 8.36. The Morgan fingerprint density at radius 1 is 0.392 bits per heavy atom. The first-order valence-corrected chi connectivity index (χ1v) is 17.2. The van der Waals surface area contributed by atoms with E-state index in [2.05, 4.69) is 149 Å². The highest BCUT2D eigenvalue weighted by atomic mass is 15.0. The molecule has 11 rings (SSSR count). The van der Waals surface area contributed by atoms with Crippen molar-refractivity contribution in [2.45, 2.75) is 0 Å². The normalized spacial score (nSPS) is 11.9. The average Bonchev–Trinajstić information content (AvgIpc) is 3.53. The van der Waals surface area contributed by atoms with E-state index in [9.17, 15) is 0 Å². The van der Waals surface area contributed by atoms with E-state index in [1.54, 1.807) is 0 Å². The zero-order valence-electron chi connectivity index (χ0n) is 27.4. The van der Waals surface area contributed by atoms with Gasteiger partial charge in [0.05, 0.1) is 23.5 Å². The van der Waals surface area contributed by atoms with E-state index in [0.717, 1.165) is 44.6 Å². The lowest BCUT2D eigenvalue weighted by atomic mass is 9.89. The van der Waals surface area contributed by atoms with E-state index in [-0.39, 0.29) is 0 Å². The first-order valence-electron chi connectivity index (χ1n) is 17.2. The summed E-state index contributed by atoms with van der Waals surface area (Å²) in [6.45, 7) is 7.79. The SMILES string of the molecule is [C-]#[N+]c1cc2ccc3cc(-c4cc5ccc6cc(-c7cccc(-c8ccccc8)n7)cc7ccc(c4)c5c67)cc4c3c2c(c1)n4-c1ccccc1. The van der Waals surface area contributed by atoms with Gasteiger partial charge in [-0.3, -0.25) is 0 Å². The van der Waals surface area contributed by atoms with Crippen molar-refractivity contribution in [1.82, 2.24) is 9.55 Å². The van der Waals surface area contributed by atoms with Crippen LogP contribution in [-0.4, -0.2) is 9.55 Å². The van der Waals surface area contributed by atoms with Crippen LogP contribution in [0.25, 0.3) is 109 Å². The average molecular weight is 646 g/mol. The molecule has 0 radical (unpaired) electrons. The highest BCUT2D eigenvalue weighted by Crippen LogP contribution is 2.44. The van der Waals surface area contributed by atoms with Crippen molar-refractivity contribution in [2.24, 2.45) is 0 Å². The summed E-state index contributed by atoms with van der Waals surface area (Å²) in [5, 5.41) is 12.2. The molecule has 51 heavy (non-hydrogen) atoms. The second-order valence-corrected chi connectivity index (χ2v) is 13.5. The molecule has 3 heteroatoms. The van der Waals surface area contributed by atoms with Gasteiger partial charge in [0, 0.05) is 33.1 Å². The van der Waals surface area contributed by atoms with E-state index < -0.39 is 0 Å². The highest BCUT2D eigenvalue weighted by Gasteiger charge is 2.20. The molecule has 3 nitrogen and oxygen atoms in total. The van der Waals surface area contributed by atoms with E-state index >= 15 is 0 Å². The molecule has 0 fully saturated rings. The van der Waals surface area contributed by atoms with Crippen molar-refractivity contribution in [3.8, 4) is 39.3 Å². The zero-order chi connectivity index (χ0) is 33.6. The maximum atomic E-state index is 7.79.